The van der Waals surface area contributed by atoms with Gasteiger partial charge >= 0.3 is 0 Å². The summed E-state index contributed by atoms with van der Waals surface area (Å²) in [7, 11) is 2.21. The zero-order chi connectivity index (χ0) is 14.0. The van der Waals surface area contributed by atoms with Crippen molar-refractivity contribution in [2.75, 3.05) is 26.7 Å². The van der Waals surface area contributed by atoms with Gasteiger partial charge in [-0.05, 0) is 32.0 Å². The zero-order valence-corrected chi connectivity index (χ0v) is 12.9. The molecule has 1 aromatic heterocycles. The van der Waals surface area contributed by atoms with E-state index < -0.39 is 0 Å². The summed E-state index contributed by atoms with van der Waals surface area (Å²) in [6.07, 6.45) is 11.4. The molecule has 1 fully saturated rings. The number of pyridine rings is 1. The van der Waals surface area contributed by atoms with Crippen LogP contribution in [0.25, 0.3) is 0 Å². The van der Waals surface area contributed by atoms with Gasteiger partial charge in [-0.3, -0.25) is 4.98 Å². The fourth-order valence-electron chi connectivity index (χ4n) is 2.91. The van der Waals surface area contributed by atoms with E-state index in [9.17, 15) is 0 Å². The van der Waals surface area contributed by atoms with E-state index in [-0.39, 0.29) is 0 Å². The second-order valence-corrected chi connectivity index (χ2v) is 6.02. The summed E-state index contributed by atoms with van der Waals surface area (Å²) in [6, 6.07) is 6.92. The van der Waals surface area contributed by atoms with Gasteiger partial charge in [0.2, 0.25) is 0 Å². The van der Waals surface area contributed by atoms with E-state index in [0.29, 0.717) is 0 Å². The van der Waals surface area contributed by atoms with E-state index in [0.717, 1.165) is 32.1 Å². The van der Waals surface area contributed by atoms with Crippen molar-refractivity contribution >= 4 is 0 Å². The molecule has 1 heterocycles. The molecular weight excluding hydrogens is 246 g/mol. The van der Waals surface area contributed by atoms with Crippen LogP contribution in [0.15, 0.2) is 24.4 Å². The van der Waals surface area contributed by atoms with E-state index in [1.165, 1.54) is 44.2 Å². The van der Waals surface area contributed by atoms with Gasteiger partial charge in [0.25, 0.3) is 0 Å². The van der Waals surface area contributed by atoms with Crippen LogP contribution in [-0.4, -0.2) is 42.6 Å². The summed E-state index contributed by atoms with van der Waals surface area (Å²) in [4.78, 5) is 6.77. The standard InChI is InChI=1S/C17H29N3/c1-20(14-11-17-10-6-7-12-18-17)15-13-19-16-8-4-2-3-5-9-16/h6-7,10,12,16,19H,2-5,8-9,11,13-15H2,1H3. The lowest BCUT2D eigenvalue weighted by Gasteiger charge is -2.20. The highest BCUT2D eigenvalue weighted by molar-refractivity contribution is 5.03. The number of nitrogens with one attached hydrogen (secondary N) is 1. The Kier molecular flexibility index (Phi) is 7.02. The van der Waals surface area contributed by atoms with Crippen LogP contribution in [0.5, 0.6) is 0 Å². The van der Waals surface area contributed by atoms with Crippen LogP contribution in [0.4, 0.5) is 0 Å². The minimum Gasteiger partial charge on any atom is -0.313 e. The van der Waals surface area contributed by atoms with Gasteiger partial charge in [0.05, 0.1) is 0 Å². The summed E-state index contributed by atoms with van der Waals surface area (Å²) in [5.74, 6) is 0. The molecule has 0 radical (unpaired) electrons. The molecule has 0 spiro atoms. The summed E-state index contributed by atoms with van der Waals surface area (Å²) >= 11 is 0. The molecule has 0 amide bonds. The quantitative estimate of drug-likeness (QED) is 0.776. The van der Waals surface area contributed by atoms with Crippen molar-refractivity contribution in [1.82, 2.24) is 15.2 Å². The van der Waals surface area contributed by atoms with Crippen molar-refractivity contribution in [1.29, 1.82) is 0 Å². The van der Waals surface area contributed by atoms with Crippen LogP contribution in [0, 0.1) is 0 Å². The molecule has 3 heteroatoms. The number of likely N-dealkylation sites (N-methyl/N-ethyl adjacent to an activating group) is 1. The van der Waals surface area contributed by atoms with E-state index in [2.05, 4.69) is 34.4 Å². The van der Waals surface area contributed by atoms with E-state index in [1.807, 2.05) is 12.3 Å². The number of hydrogen-bond donors (Lipinski definition) is 1. The molecule has 3 nitrogen and oxygen atoms in total. The Morgan fingerprint density at radius 1 is 1.15 bits per heavy atom. The lowest BCUT2D eigenvalue weighted by molar-refractivity contribution is 0.321. The van der Waals surface area contributed by atoms with Gasteiger partial charge < -0.3 is 10.2 Å². The third kappa shape index (κ3) is 6.02. The molecule has 2 rings (SSSR count). The minimum atomic E-state index is 0.765. The molecule has 1 N–H and O–H groups in total. The summed E-state index contributed by atoms with van der Waals surface area (Å²) < 4.78 is 0. The maximum Gasteiger partial charge on any atom is 0.0416 e. The van der Waals surface area contributed by atoms with E-state index in [1.54, 1.807) is 0 Å². The maximum absolute atomic E-state index is 4.37. The third-order valence-electron chi connectivity index (χ3n) is 4.26. The fourth-order valence-corrected chi connectivity index (χ4v) is 2.91. The first-order valence-electron chi connectivity index (χ1n) is 8.16. The first-order chi connectivity index (χ1) is 9.84. The number of nitrogens with zero attached hydrogens (tertiary/aromatic N) is 2. The molecule has 0 atom stereocenters. The first-order valence-corrected chi connectivity index (χ1v) is 8.16. The molecule has 0 saturated heterocycles. The molecule has 20 heavy (non-hydrogen) atoms. The monoisotopic (exact) mass is 275 g/mol. The molecular formula is C17H29N3. The second kappa shape index (κ2) is 9.09. The van der Waals surface area contributed by atoms with Crippen LogP contribution in [0.1, 0.15) is 44.2 Å². The lowest BCUT2D eigenvalue weighted by atomic mass is 10.1. The molecule has 1 saturated carbocycles. The van der Waals surface area contributed by atoms with Crippen LogP contribution in [0.3, 0.4) is 0 Å². The first kappa shape index (κ1) is 15.5. The van der Waals surface area contributed by atoms with Crippen molar-refractivity contribution in [2.24, 2.45) is 0 Å². The van der Waals surface area contributed by atoms with Gasteiger partial charge in [-0.25, -0.2) is 0 Å². The summed E-state index contributed by atoms with van der Waals surface area (Å²) in [5.41, 5.74) is 1.19. The van der Waals surface area contributed by atoms with Crippen LogP contribution in [0.2, 0.25) is 0 Å². The zero-order valence-electron chi connectivity index (χ0n) is 12.9. The Morgan fingerprint density at radius 3 is 2.65 bits per heavy atom. The van der Waals surface area contributed by atoms with Crippen LogP contribution in [-0.2, 0) is 6.42 Å². The van der Waals surface area contributed by atoms with Crippen molar-refractivity contribution in [3.05, 3.63) is 30.1 Å². The molecule has 112 valence electrons. The topological polar surface area (TPSA) is 28.2 Å². The summed E-state index contributed by atoms with van der Waals surface area (Å²) in [5, 5.41) is 3.73. The smallest absolute Gasteiger partial charge is 0.0416 e. The third-order valence-corrected chi connectivity index (χ3v) is 4.26. The van der Waals surface area contributed by atoms with Gasteiger partial charge in [-0.1, -0.05) is 31.7 Å². The molecule has 0 bridgehead atoms. The fraction of sp³-hybridized carbons (Fsp3) is 0.706. The number of aromatic nitrogens is 1. The second-order valence-electron chi connectivity index (χ2n) is 6.02. The van der Waals surface area contributed by atoms with E-state index >= 15 is 0 Å². The normalized spacial score (nSPS) is 17.3. The van der Waals surface area contributed by atoms with Crippen LogP contribution < -0.4 is 5.32 Å². The van der Waals surface area contributed by atoms with Crippen molar-refractivity contribution in [3.8, 4) is 0 Å². The largest absolute Gasteiger partial charge is 0.313 e. The van der Waals surface area contributed by atoms with Gasteiger partial charge in [-0.15, -0.1) is 0 Å². The van der Waals surface area contributed by atoms with Gasteiger partial charge in [0.1, 0.15) is 0 Å². The minimum absolute atomic E-state index is 0.765. The van der Waals surface area contributed by atoms with E-state index in [4.69, 9.17) is 0 Å². The maximum atomic E-state index is 4.37. The highest BCUT2D eigenvalue weighted by atomic mass is 15.1. The molecule has 0 unspecified atom stereocenters. The molecule has 1 aliphatic carbocycles. The Bertz CT molecular complexity index is 345. The van der Waals surface area contributed by atoms with Gasteiger partial charge in [0.15, 0.2) is 0 Å². The SMILES string of the molecule is CN(CCNC1CCCCCC1)CCc1ccccn1. The predicted molar refractivity (Wildman–Crippen MR) is 84.9 cm³/mol. The highest BCUT2D eigenvalue weighted by Gasteiger charge is 2.11. The van der Waals surface area contributed by atoms with Gasteiger partial charge in [0, 0.05) is 44.0 Å². The van der Waals surface area contributed by atoms with Gasteiger partial charge in [-0.2, -0.15) is 0 Å². The molecule has 1 aliphatic rings. The number of rotatable bonds is 7. The molecule has 1 aromatic rings. The van der Waals surface area contributed by atoms with Crippen molar-refractivity contribution in [2.45, 2.75) is 51.0 Å². The highest BCUT2D eigenvalue weighted by Crippen LogP contribution is 2.16. The van der Waals surface area contributed by atoms with Crippen molar-refractivity contribution < 1.29 is 0 Å². The van der Waals surface area contributed by atoms with Crippen molar-refractivity contribution in [3.63, 3.8) is 0 Å². The molecule has 0 aromatic carbocycles. The average molecular weight is 275 g/mol. The Hall–Kier alpha value is -0.930. The molecule has 0 aliphatic heterocycles. The average Bonchev–Trinajstić information content (AvgIpc) is 2.75. The lowest BCUT2D eigenvalue weighted by Crippen LogP contribution is -2.36. The Morgan fingerprint density at radius 2 is 1.95 bits per heavy atom. The van der Waals surface area contributed by atoms with Crippen LogP contribution >= 0.6 is 0 Å². The Labute approximate surface area is 123 Å². The summed E-state index contributed by atoms with van der Waals surface area (Å²) in [6.45, 7) is 3.33. The Balaban J connectivity index is 1.56. The predicted octanol–water partition coefficient (Wildman–Crippen LogP) is 2.87. The number of hydrogen-bond acceptors (Lipinski definition) is 3.